The normalized spacial score (nSPS) is 28.2. The number of hydrogen-bond donors (Lipinski definition) is 0. The Morgan fingerprint density at radius 2 is 2.14 bits per heavy atom. The molecular formula is C11H8INS. The lowest BCUT2D eigenvalue weighted by atomic mass is 9.95. The van der Waals surface area contributed by atoms with Gasteiger partial charge in [0, 0.05) is 17.0 Å². The second-order valence-electron chi connectivity index (χ2n) is 3.40. The summed E-state index contributed by atoms with van der Waals surface area (Å²) in [5.74, 6) is 0.542. The van der Waals surface area contributed by atoms with E-state index in [0.717, 1.165) is 0 Å². The molecule has 3 heteroatoms. The molecule has 1 nitrogen and oxygen atoms in total. The minimum Gasteiger partial charge on any atom is -0.254 e. The maximum absolute atomic E-state index is 4.36. The quantitative estimate of drug-likeness (QED) is 0.667. The zero-order valence-electron chi connectivity index (χ0n) is 7.35. The summed E-state index contributed by atoms with van der Waals surface area (Å²) in [6.45, 7) is 0. The van der Waals surface area contributed by atoms with Crippen molar-refractivity contribution in [1.82, 2.24) is 0 Å². The number of allylic oxidation sites excluding steroid dienone is 1. The van der Waals surface area contributed by atoms with Gasteiger partial charge in [-0.15, -0.1) is 11.8 Å². The third kappa shape index (κ3) is 1.26. The van der Waals surface area contributed by atoms with E-state index in [1.165, 1.54) is 14.2 Å². The van der Waals surface area contributed by atoms with Crippen molar-refractivity contribution in [2.75, 3.05) is 0 Å². The lowest BCUT2D eigenvalue weighted by Gasteiger charge is -2.17. The standard InChI is InChI=1S/C11H8INS/c12-11-10-8(5-6-13-11)7-3-1-2-4-9(7)14-10/h1-6,8,10H. The largest absolute Gasteiger partial charge is 0.254 e. The summed E-state index contributed by atoms with van der Waals surface area (Å²) in [6, 6.07) is 8.66. The fourth-order valence-electron chi connectivity index (χ4n) is 1.92. The molecule has 2 aliphatic rings. The van der Waals surface area contributed by atoms with Crippen LogP contribution < -0.4 is 0 Å². The Hall–Kier alpha value is -0.290. The van der Waals surface area contributed by atoms with E-state index in [1.54, 1.807) is 0 Å². The molecule has 0 bridgehead atoms. The van der Waals surface area contributed by atoms with Gasteiger partial charge in [-0.05, 0) is 34.2 Å². The van der Waals surface area contributed by atoms with Gasteiger partial charge in [-0.3, -0.25) is 4.99 Å². The molecule has 0 N–H and O–H groups in total. The minimum absolute atomic E-state index is 0.526. The molecule has 1 aromatic rings. The maximum Gasteiger partial charge on any atom is 0.0926 e. The first-order valence-corrected chi connectivity index (χ1v) is 6.47. The zero-order valence-corrected chi connectivity index (χ0v) is 10.3. The Morgan fingerprint density at radius 1 is 1.29 bits per heavy atom. The minimum atomic E-state index is 0.526. The van der Waals surface area contributed by atoms with Gasteiger partial charge in [-0.2, -0.15) is 0 Å². The Labute approximate surface area is 101 Å². The van der Waals surface area contributed by atoms with Gasteiger partial charge in [0.15, 0.2) is 0 Å². The summed E-state index contributed by atoms with van der Waals surface area (Å²) in [6.07, 6.45) is 4.15. The van der Waals surface area contributed by atoms with Crippen molar-refractivity contribution in [3.05, 3.63) is 42.1 Å². The van der Waals surface area contributed by atoms with Crippen molar-refractivity contribution in [3.63, 3.8) is 0 Å². The smallest absolute Gasteiger partial charge is 0.0926 e. The van der Waals surface area contributed by atoms with Crippen LogP contribution in [-0.2, 0) is 0 Å². The summed E-state index contributed by atoms with van der Waals surface area (Å²) >= 11 is 4.29. The van der Waals surface area contributed by atoms with Crippen LogP contribution in [0.15, 0.2) is 46.4 Å². The van der Waals surface area contributed by atoms with Crippen LogP contribution in [0.1, 0.15) is 11.5 Å². The molecule has 2 unspecified atom stereocenters. The first-order chi connectivity index (χ1) is 6.86. The molecule has 0 spiro atoms. The summed E-state index contributed by atoms with van der Waals surface area (Å²) < 4.78 is 1.22. The first kappa shape index (κ1) is 8.97. The summed E-state index contributed by atoms with van der Waals surface area (Å²) in [5.41, 5.74) is 1.46. The van der Waals surface area contributed by atoms with Crippen molar-refractivity contribution >= 4 is 38.1 Å². The Kier molecular flexibility index (Phi) is 2.17. The molecular weight excluding hydrogens is 305 g/mol. The molecule has 70 valence electrons. The third-order valence-electron chi connectivity index (χ3n) is 2.58. The number of fused-ring (bicyclic) bond motifs is 3. The van der Waals surface area contributed by atoms with Crippen LogP contribution in [0.4, 0.5) is 0 Å². The predicted molar refractivity (Wildman–Crippen MR) is 69.4 cm³/mol. The average molecular weight is 313 g/mol. The van der Waals surface area contributed by atoms with Crippen LogP contribution >= 0.6 is 34.4 Å². The molecule has 0 saturated heterocycles. The van der Waals surface area contributed by atoms with Gasteiger partial charge in [0.05, 0.1) is 8.97 Å². The molecule has 0 saturated carbocycles. The van der Waals surface area contributed by atoms with Crippen LogP contribution in [0.5, 0.6) is 0 Å². The van der Waals surface area contributed by atoms with E-state index < -0.39 is 0 Å². The van der Waals surface area contributed by atoms with Gasteiger partial charge in [0.2, 0.25) is 0 Å². The SMILES string of the molecule is IC1=NC=CC2c3ccccc3SC12. The first-order valence-electron chi connectivity index (χ1n) is 4.52. The van der Waals surface area contributed by atoms with E-state index in [-0.39, 0.29) is 0 Å². The third-order valence-corrected chi connectivity index (χ3v) is 5.35. The van der Waals surface area contributed by atoms with Crippen LogP contribution in [0.25, 0.3) is 0 Å². The molecule has 0 radical (unpaired) electrons. The molecule has 14 heavy (non-hydrogen) atoms. The Balaban J connectivity index is 2.11. The number of hydrogen-bond acceptors (Lipinski definition) is 2. The predicted octanol–water partition coefficient (Wildman–Crippen LogP) is 3.61. The van der Waals surface area contributed by atoms with Gasteiger partial charge >= 0.3 is 0 Å². The van der Waals surface area contributed by atoms with E-state index in [0.29, 0.717) is 11.2 Å². The van der Waals surface area contributed by atoms with Gasteiger partial charge in [-0.1, -0.05) is 24.3 Å². The molecule has 1 aromatic carbocycles. The zero-order chi connectivity index (χ0) is 9.54. The summed E-state index contributed by atoms with van der Waals surface area (Å²) in [4.78, 5) is 5.77. The molecule has 2 aliphatic heterocycles. The lowest BCUT2D eigenvalue weighted by Crippen LogP contribution is -2.17. The lowest BCUT2D eigenvalue weighted by molar-refractivity contribution is 0.908. The van der Waals surface area contributed by atoms with Gasteiger partial charge < -0.3 is 0 Å². The van der Waals surface area contributed by atoms with Crippen molar-refractivity contribution < 1.29 is 0 Å². The van der Waals surface area contributed by atoms with Crippen molar-refractivity contribution in [1.29, 1.82) is 0 Å². The summed E-state index contributed by atoms with van der Waals surface area (Å²) in [7, 11) is 0. The van der Waals surface area contributed by atoms with Crippen LogP contribution in [0.2, 0.25) is 0 Å². The van der Waals surface area contributed by atoms with Crippen molar-refractivity contribution in [2.45, 2.75) is 16.1 Å². The number of benzene rings is 1. The molecule has 0 aromatic heterocycles. The van der Waals surface area contributed by atoms with Crippen molar-refractivity contribution in [3.8, 4) is 0 Å². The number of aliphatic imine (C=N–C) groups is 1. The van der Waals surface area contributed by atoms with Crippen LogP contribution in [0, 0.1) is 0 Å². The fraction of sp³-hybridized carbons (Fsp3) is 0.182. The molecule has 0 fully saturated rings. The molecule has 3 rings (SSSR count). The Bertz CT molecular complexity index is 439. The summed E-state index contributed by atoms with van der Waals surface area (Å²) in [5, 5.41) is 0.526. The number of halogens is 1. The fourth-order valence-corrected chi connectivity index (χ4v) is 4.16. The highest BCUT2D eigenvalue weighted by Gasteiger charge is 2.35. The molecule has 2 heterocycles. The molecule has 2 atom stereocenters. The van der Waals surface area contributed by atoms with E-state index >= 15 is 0 Å². The second kappa shape index (κ2) is 3.38. The van der Waals surface area contributed by atoms with Gasteiger partial charge in [0.25, 0.3) is 0 Å². The monoisotopic (exact) mass is 313 g/mol. The van der Waals surface area contributed by atoms with E-state index in [9.17, 15) is 0 Å². The molecule has 0 amide bonds. The van der Waals surface area contributed by atoms with Gasteiger partial charge in [-0.25, -0.2) is 0 Å². The number of rotatable bonds is 0. The van der Waals surface area contributed by atoms with E-state index in [1.807, 2.05) is 18.0 Å². The average Bonchev–Trinajstić information content (AvgIpc) is 2.59. The number of nitrogens with zero attached hydrogens (tertiary/aromatic N) is 1. The van der Waals surface area contributed by atoms with Crippen LogP contribution in [0.3, 0.4) is 0 Å². The van der Waals surface area contributed by atoms with Gasteiger partial charge in [0.1, 0.15) is 0 Å². The van der Waals surface area contributed by atoms with E-state index in [4.69, 9.17) is 0 Å². The van der Waals surface area contributed by atoms with Crippen molar-refractivity contribution in [2.24, 2.45) is 4.99 Å². The Morgan fingerprint density at radius 3 is 3.07 bits per heavy atom. The second-order valence-corrected chi connectivity index (χ2v) is 5.68. The van der Waals surface area contributed by atoms with E-state index in [2.05, 4.69) is 57.9 Å². The maximum atomic E-state index is 4.36. The highest BCUT2D eigenvalue weighted by Crippen LogP contribution is 2.48. The topological polar surface area (TPSA) is 12.4 Å². The van der Waals surface area contributed by atoms with Crippen LogP contribution in [-0.4, -0.2) is 8.97 Å². The molecule has 0 aliphatic carbocycles. The highest BCUT2D eigenvalue weighted by molar-refractivity contribution is 14.1. The highest BCUT2D eigenvalue weighted by atomic mass is 127. The number of thioether (sulfide) groups is 1.